The van der Waals surface area contributed by atoms with Gasteiger partial charge in [0.25, 0.3) is 0 Å². The van der Waals surface area contributed by atoms with E-state index in [0.29, 0.717) is 18.9 Å². The van der Waals surface area contributed by atoms with Gasteiger partial charge in [-0.05, 0) is 23.3 Å². The summed E-state index contributed by atoms with van der Waals surface area (Å²) >= 11 is 0. The van der Waals surface area contributed by atoms with E-state index in [-0.39, 0.29) is 6.61 Å². The van der Waals surface area contributed by atoms with Crippen molar-refractivity contribution in [3.05, 3.63) is 91.1 Å². The Morgan fingerprint density at radius 2 is 1.65 bits per heavy atom. The molecule has 3 N–H and O–H groups in total. The zero-order valence-corrected chi connectivity index (χ0v) is 17.0. The summed E-state index contributed by atoms with van der Waals surface area (Å²) in [6.45, 7) is 0.894. The highest BCUT2D eigenvalue weighted by Crippen LogP contribution is 2.42. The van der Waals surface area contributed by atoms with Crippen molar-refractivity contribution in [2.45, 2.75) is 13.1 Å². The number of nitrogens with two attached hydrogens (primary N) is 1. The van der Waals surface area contributed by atoms with Crippen LogP contribution in [0, 0.1) is 0 Å². The smallest absolute Gasteiger partial charge is 0.232 e. The number of nitrogens with zero attached hydrogens (tertiary/aromatic N) is 3. The van der Waals surface area contributed by atoms with Crippen LogP contribution in [0.2, 0.25) is 0 Å². The number of hydrogen-bond donors (Lipinski definition) is 2. The van der Waals surface area contributed by atoms with Crippen LogP contribution < -0.4 is 10.3 Å². The first-order valence-electron chi connectivity index (χ1n) is 10.2. The van der Waals surface area contributed by atoms with Crippen molar-refractivity contribution in [2.75, 3.05) is 12.3 Å². The standard InChI is InChI=1S/C25H22N4O2/c26-24-22-21(18-8-3-1-4-9-18)23(19-10-5-2-6-11-19)29(16-20-12-7-15-31-20)25(22)27-17-28(24)13-14-30/h1-12,15,17,26,30H,13-14,16H2/p+1. The average Bonchev–Trinajstić information content (AvgIpc) is 3.44. The molecule has 0 radical (unpaired) electrons. The quantitative estimate of drug-likeness (QED) is 0.416. The number of anilines is 1. The lowest BCUT2D eigenvalue weighted by Gasteiger charge is -2.11. The normalized spacial score (nSPS) is 11.3. The number of furan rings is 1. The van der Waals surface area contributed by atoms with Crippen LogP contribution in [0.4, 0.5) is 5.82 Å². The minimum absolute atomic E-state index is 0.0125. The molecule has 0 bridgehead atoms. The van der Waals surface area contributed by atoms with Crippen LogP contribution >= 0.6 is 0 Å². The number of nitrogen functional groups attached to an aromatic ring is 1. The van der Waals surface area contributed by atoms with Crippen molar-refractivity contribution in [3.8, 4) is 22.4 Å². The topological polar surface area (TPSA) is 81.1 Å². The lowest BCUT2D eigenvalue weighted by atomic mass is 9.99. The van der Waals surface area contributed by atoms with E-state index in [4.69, 9.17) is 15.1 Å². The lowest BCUT2D eigenvalue weighted by molar-refractivity contribution is -0.685. The molecular weight excluding hydrogens is 388 g/mol. The third kappa shape index (κ3) is 3.37. The van der Waals surface area contributed by atoms with Gasteiger partial charge in [0.1, 0.15) is 11.1 Å². The summed E-state index contributed by atoms with van der Waals surface area (Å²) < 4.78 is 9.62. The molecule has 0 unspecified atom stereocenters. The number of fused-ring (bicyclic) bond motifs is 1. The highest BCUT2D eigenvalue weighted by atomic mass is 16.3. The molecule has 0 atom stereocenters. The summed E-state index contributed by atoms with van der Waals surface area (Å²) in [5.74, 6) is 1.41. The Hall–Kier alpha value is -3.90. The van der Waals surface area contributed by atoms with Gasteiger partial charge in [0.05, 0.1) is 31.7 Å². The molecule has 3 heterocycles. The first-order valence-corrected chi connectivity index (χ1v) is 10.2. The largest absolute Gasteiger partial charge is 0.467 e. The second-order valence-electron chi connectivity index (χ2n) is 7.37. The van der Waals surface area contributed by atoms with Gasteiger partial charge >= 0.3 is 0 Å². The number of aliphatic hydroxyl groups excluding tert-OH is 1. The Bertz CT molecular complexity index is 1310. The molecule has 0 aliphatic carbocycles. The summed E-state index contributed by atoms with van der Waals surface area (Å²) in [4.78, 5) is 4.77. The summed E-state index contributed by atoms with van der Waals surface area (Å²) in [6, 6.07) is 24.3. The van der Waals surface area contributed by atoms with Crippen molar-refractivity contribution >= 4 is 16.9 Å². The van der Waals surface area contributed by atoms with Gasteiger partial charge in [-0.15, -0.1) is 0 Å². The van der Waals surface area contributed by atoms with Gasteiger partial charge in [0.15, 0.2) is 0 Å². The van der Waals surface area contributed by atoms with E-state index in [1.165, 1.54) is 0 Å². The van der Waals surface area contributed by atoms with Crippen LogP contribution in [0.3, 0.4) is 0 Å². The molecule has 0 aliphatic heterocycles. The Balaban J connectivity index is 1.90. The molecule has 31 heavy (non-hydrogen) atoms. The monoisotopic (exact) mass is 411 g/mol. The Kier molecular flexibility index (Phi) is 4.98. The van der Waals surface area contributed by atoms with Crippen LogP contribution in [-0.2, 0) is 13.1 Å². The van der Waals surface area contributed by atoms with Crippen molar-refractivity contribution in [1.82, 2.24) is 9.55 Å². The Labute approximate surface area is 179 Å². The number of aliphatic hydroxyl groups is 1. The van der Waals surface area contributed by atoms with Gasteiger partial charge in [0.2, 0.25) is 17.8 Å². The maximum Gasteiger partial charge on any atom is 0.232 e. The fraction of sp³-hybridized carbons (Fsp3) is 0.120. The van der Waals surface area contributed by atoms with Crippen LogP contribution in [0.15, 0.2) is 89.8 Å². The Morgan fingerprint density at radius 1 is 0.935 bits per heavy atom. The second-order valence-corrected chi connectivity index (χ2v) is 7.37. The fourth-order valence-electron chi connectivity index (χ4n) is 4.09. The maximum absolute atomic E-state index is 9.49. The third-order valence-electron chi connectivity index (χ3n) is 5.47. The molecule has 3 aromatic heterocycles. The van der Waals surface area contributed by atoms with Gasteiger partial charge in [-0.1, -0.05) is 65.6 Å². The third-order valence-corrected chi connectivity index (χ3v) is 5.47. The summed E-state index contributed by atoms with van der Waals surface area (Å²) in [5, 5.41) is 10.4. The Morgan fingerprint density at radius 3 is 2.29 bits per heavy atom. The summed E-state index contributed by atoms with van der Waals surface area (Å²) in [6.07, 6.45) is 3.37. The molecule has 0 amide bonds. The van der Waals surface area contributed by atoms with Crippen LogP contribution in [0.25, 0.3) is 33.4 Å². The second kappa shape index (κ2) is 8.08. The van der Waals surface area contributed by atoms with Crippen LogP contribution in [0.1, 0.15) is 5.76 Å². The molecule has 0 saturated carbocycles. The van der Waals surface area contributed by atoms with Crippen LogP contribution in [-0.4, -0.2) is 21.3 Å². The van der Waals surface area contributed by atoms with Gasteiger partial charge in [-0.2, -0.15) is 0 Å². The predicted molar refractivity (Wildman–Crippen MR) is 120 cm³/mol. The summed E-state index contributed by atoms with van der Waals surface area (Å²) in [7, 11) is 0. The van der Waals surface area contributed by atoms with Gasteiger partial charge in [-0.3, -0.25) is 0 Å². The molecule has 5 rings (SSSR count). The molecule has 154 valence electrons. The van der Waals surface area contributed by atoms with Gasteiger partial charge in [-0.25, -0.2) is 4.57 Å². The number of hydrogen-bond acceptors (Lipinski definition) is 4. The minimum Gasteiger partial charge on any atom is -0.467 e. The van der Waals surface area contributed by atoms with Crippen molar-refractivity contribution in [2.24, 2.45) is 0 Å². The molecule has 0 spiro atoms. The molecule has 6 heteroatoms. The van der Waals surface area contributed by atoms with E-state index in [1.54, 1.807) is 17.2 Å². The van der Waals surface area contributed by atoms with Crippen molar-refractivity contribution < 1.29 is 14.1 Å². The number of rotatable bonds is 6. The molecule has 0 aliphatic rings. The SMILES string of the molecule is Nc1c2c(-c3ccccc3)c(-c3ccccc3)n(Cc3ccco3)c2nc[n+]1CCO. The highest BCUT2D eigenvalue weighted by molar-refractivity contribution is 6.07. The van der Waals surface area contributed by atoms with Crippen LogP contribution in [0.5, 0.6) is 0 Å². The average molecular weight is 411 g/mol. The molecule has 6 nitrogen and oxygen atoms in total. The van der Waals surface area contributed by atoms with E-state index in [2.05, 4.69) is 28.8 Å². The maximum atomic E-state index is 9.49. The van der Waals surface area contributed by atoms with Crippen molar-refractivity contribution in [3.63, 3.8) is 0 Å². The van der Waals surface area contributed by atoms with E-state index >= 15 is 0 Å². The zero-order chi connectivity index (χ0) is 21.2. The number of benzene rings is 2. The summed E-state index contributed by atoms with van der Waals surface area (Å²) in [5.41, 5.74) is 11.6. The van der Waals surface area contributed by atoms with Gasteiger partial charge in [0, 0.05) is 5.56 Å². The molecular formula is C25H23N4O2+. The van der Waals surface area contributed by atoms with E-state index in [0.717, 1.165) is 39.2 Å². The minimum atomic E-state index is -0.0125. The van der Waals surface area contributed by atoms with Crippen molar-refractivity contribution in [1.29, 1.82) is 0 Å². The number of aromatic nitrogens is 3. The molecule has 2 aromatic carbocycles. The van der Waals surface area contributed by atoms with E-state index in [9.17, 15) is 5.11 Å². The molecule has 0 saturated heterocycles. The first kappa shape index (κ1) is 19.1. The zero-order valence-electron chi connectivity index (χ0n) is 17.0. The molecule has 5 aromatic rings. The predicted octanol–water partition coefficient (Wildman–Crippen LogP) is 3.87. The molecule has 0 fully saturated rings. The fourth-order valence-corrected chi connectivity index (χ4v) is 4.09. The van der Waals surface area contributed by atoms with E-state index < -0.39 is 0 Å². The van der Waals surface area contributed by atoms with Gasteiger partial charge < -0.3 is 19.8 Å². The highest BCUT2D eigenvalue weighted by Gasteiger charge is 2.27. The lowest BCUT2D eigenvalue weighted by Crippen LogP contribution is -2.39. The van der Waals surface area contributed by atoms with E-state index in [1.807, 2.05) is 48.5 Å². The first-order chi connectivity index (χ1) is 15.3.